The minimum atomic E-state index is 0.0633. The molecule has 1 saturated heterocycles. The topological polar surface area (TPSA) is 53.5 Å². The summed E-state index contributed by atoms with van der Waals surface area (Å²) >= 11 is 0. The molecule has 0 radical (unpaired) electrons. The van der Waals surface area contributed by atoms with Gasteiger partial charge in [-0.3, -0.25) is 14.6 Å². The van der Waals surface area contributed by atoms with E-state index in [1.807, 2.05) is 58.3 Å². The van der Waals surface area contributed by atoms with E-state index in [2.05, 4.69) is 4.98 Å². The zero-order valence-corrected chi connectivity index (χ0v) is 15.2. The van der Waals surface area contributed by atoms with E-state index < -0.39 is 0 Å². The first-order valence-corrected chi connectivity index (χ1v) is 9.09. The Morgan fingerprint density at radius 2 is 1.69 bits per heavy atom. The maximum Gasteiger partial charge on any atom is 0.227 e. The van der Waals surface area contributed by atoms with Crippen molar-refractivity contribution in [2.24, 2.45) is 5.92 Å². The van der Waals surface area contributed by atoms with E-state index in [-0.39, 0.29) is 17.7 Å². The van der Waals surface area contributed by atoms with Crippen LogP contribution in [0.5, 0.6) is 0 Å². The van der Waals surface area contributed by atoms with E-state index in [0.717, 1.165) is 17.7 Å². The summed E-state index contributed by atoms with van der Waals surface area (Å²) in [5.74, 6) is 0.372. The quantitative estimate of drug-likeness (QED) is 0.848. The van der Waals surface area contributed by atoms with Gasteiger partial charge < -0.3 is 9.80 Å². The summed E-state index contributed by atoms with van der Waals surface area (Å²) in [7, 11) is 0. The Morgan fingerprint density at radius 1 is 1.00 bits per heavy atom. The fourth-order valence-electron chi connectivity index (χ4n) is 3.44. The van der Waals surface area contributed by atoms with Crippen LogP contribution >= 0.6 is 0 Å². The van der Waals surface area contributed by atoms with E-state index in [9.17, 15) is 9.59 Å². The molecule has 5 heteroatoms. The summed E-state index contributed by atoms with van der Waals surface area (Å²) in [6.07, 6.45) is 2.95. The van der Waals surface area contributed by atoms with E-state index >= 15 is 0 Å². The normalized spacial score (nSPS) is 17.7. The number of hydrogen-bond acceptors (Lipinski definition) is 3. The lowest BCUT2D eigenvalue weighted by Gasteiger charge is -2.24. The molecule has 1 aromatic heterocycles. The van der Waals surface area contributed by atoms with Crippen molar-refractivity contribution in [2.75, 3.05) is 26.2 Å². The zero-order valence-electron chi connectivity index (χ0n) is 15.2. The minimum absolute atomic E-state index is 0.0633. The molecule has 26 heavy (non-hydrogen) atoms. The van der Waals surface area contributed by atoms with Gasteiger partial charge in [0, 0.05) is 45.0 Å². The van der Waals surface area contributed by atoms with E-state index in [4.69, 9.17) is 0 Å². The molecule has 0 unspecified atom stereocenters. The summed E-state index contributed by atoms with van der Waals surface area (Å²) in [4.78, 5) is 32.9. The fourth-order valence-corrected chi connectivity index (χ4v) is 3.44. The second-order valence-corrected chi connectivity index (χ2v) is 6.86. The summed E-state index contributed by atoms with van der Waals surface area (Å²) in [5, 5.41) is 0. The van der Waals surface area contributed by atoms with Gasteiger partial charge in [0.05, 0.1) is 6.42 Å². The second-order valence-electron chi connectivity index (χ2n) is 6.86. The Balaban J connectivity index is 1.71. The highest BCUT2D eigenvalue weighted by molar-refractivity contribution is 5.79. The van der Waals surface area contributed by atoms with Crippen LogP contribution in [0.15, 0.2) is 54.7 Å². The smallest absolute Gasteiger partial charge is 0.227 e. The first-order chi connectivity index (χ1) is 12.6. The van der Waals surface area contributed by atoms with Gasteiger partial charge in [-0.25, -0.2) is 0 Å². The molecule has 0 spiro atoms. The Hall–Kier alpha value is -2.69. The van der Waals surface area contributed by atoms with E-state index in [1.165, 1.54) is 0 Å². The number of carbonyl (C=O) groups excluding carboxylic acids is 2. The Bertz CT molecular complexity index is 733. The average molecular weight is 351 g/mol. The summed E-state index contributed by atoms with van der Waals surface area (Å²) in [5.41, 5.74) is 2.02. The molecule has 0 bridgehead atoms. The van der Waals surface area contributed by atoms with Gasteiger partial charge in [0.1, 0.15) is 0 Å². The lowest BCUT2D eigenvalue weighted by molar-refractivity contribution is -0.132. The zero-order chi connectivity index (χ0) is 18.4. The van der Waals surface area contributed by atoms with Crippen LogP contribution in [0.2, 0.25) is 0 Å². The number of aromatic nitrogens is 1. The molecule has 1 aliphatic heterocycles. The van der Waals surface area contributed by atoms with Gasteiger partial charge in [0.2, 0.25) is 11.8 Å². The van der Waals surface area contributed by atoms with Crippen molar-refractivity contribution < 1.29 is 9.59 Å². The van der Waals surface area contributed by atoms with Crippen LogP contribution in [-0.4, -0.2) is 52.8 Å². The highest BCUT2D eigenvalue weighted by Gasteiger charge is 2.27. The highest BCUT2D eigenvalue weighted by atomic mass is 16.2. The van der Waals surface area contributed by atoms with Gasteiger partial charge in [-0.1, -0.05) is 36.4 Å². The summed E-state index contributed by atoms with van der Waals surface area (Å²) in [6.45, 7) is 4.10. The summed E-state index contributed by atoms with van der Waals surface area (Å²) < 4.78 is 0. The fraction of sp³-hybridized carbons (Fsp3) is 0.381. The van der Waals surface area contributed by atoms with Gasteiger partial charge in [0.25, 0.3) is 0 Å². The van der Waals surface area contributed by atoms with Crippen molar-refractivity contribution in [1.29, 1.82) is 0 Å². The molecule has 2 amide bonds. The van der Waals surface area contributed by atoms with Crippen molar-refractivity contribution in [3.05, 3.63) is 66.0 Å². The third-order valence-corrected chi connectivity index (χ3v) is 4.82. The molecule has 1 atom stereocenters. The van der Waals surface area contributed by atoms with Crippen LogP contribution in [0.1, 0.15) is 18.2 Å². The highest BCUT2D eigenvalue weighted by Crippen LogP contribution is 2.16. The first kappa shape index (κ1) is 18.1. The molecular formula is C21H25N3O2. The average Bonchev–Trinajstić information content (AvgIpc) is 2.86. The molecule has 1 fully saturated rings. The molecule has 5 nitrogen and oxygen atoms in total. The third-order valence-electron chi connectivity index (χ3n) is 4.82. The van der Waals surface area contributed by atoms with Crippen molar-refractivity contribution >= 4 is 11.8 Å². The molecule has 0 aliphatic carbocycles. The number of benzene rings is 1. The van der Waals surface area contributed by atoms with Crippen LogP contribution in [0, 0.1) is 5.92 Å². The molecule has 2 heterocycles. The second kappa shape index (κ2) is 8.61. The van der Waals surface area contributed by atoms with Gasteiger partial charge >= 0.3 is 0 Å². The number of carbonyl (C=O) groups is 2. The summed E-state index contributed by atoms with van der Waals surface area (Å²) in [6, 6.07) is 15.7. The lowest BCUT2D eigenvalue weighted by atomic mass is 10.0. The number of pyridine rings is 1. The molecule has 0 saturated carbocycles. The first-order valence-electron chi connectivity index (χ1n) is 9.09. The maximum atomic E-state index is 12.8. The SMILES string of the molecule is CC(=O)N1CCN(C(=O)Cc2ccccc2)C[C@@H](Cc2ccccn2)C1. The number of hydrogen-bond donors (Lipinski definition) is 0. The van der Waals surface area contributed by atoms with Crippen LogP contribution in [0.3, 0.4) is 0 Å². The molecule has 0 N–H and O–H groups in total. The lowest BCUT2D eigenvalue weighted by Crippen LogP contribution is -2.37. The Labute approximate surface area is 154 Å². The van der Waals surface area contributed by atoms with E-state index in [0.29, 0.717) is 32.6 Å². The van der Waals surface area contributed by atoms with Crippen LogP contribution in [0.25, 0.3) is 0 Å². The molecule has 136 valence electrons. The van der Waals surface area contributed by atoms with Crippen LogP contribution in [-0.2, 0) is 22.4 Å². The van der Waals surface area contributed by atoms with Gasteiger partial charge in [-0.2, -0.15) is 0 Å². The van der Waals surface area contributed by atoms with E-state index in [1.54, 1.807) is 13.1 Å². The van der Waals surface area contributed by atoms with Crippen LogP contribution < -0.4 is 0 Å². The predicted octanol–water partition coefficient (Wildman–Crippen LogP) is 2.17. The van der Waals surface area contributed by atoms with Crippen LogP contribution in [0.4, 0.5) is 0 Å². The molecule has 2 aromatic rings. The Morgan fingerprint density at radius 3 is 2.38 bits per heavy atom. The van der Waals surface area contributed by atoms with Crippen molar-refractivity contribution in [3.63, 3.8) is 0 Å². The van der Waals surface area contributed by atoms with Crippen molar-refractivity contribution in [2.45, 2.75) is 19.8 Å². The van der Waals surface area contributed by atoms with Crippen molar-refractivity contribution in [1.82, 2.24) is 14.8 Å². The maximum absolute atomic E-state index is 12.8. The molecular weight excluding hydrogens is 326 g/mol. The largest absolute Gasteiger partial charge is 0.341 e. The predicted molar refractivity (Wildman–Crippen MR) is 100 cm³/mol. The standard InChI is InChI=1S/C21H25N3O2/c1-17(25)23-11-12-24(21(26)14-18-7-3-2-4-8-18)16-19(15-23)13-20-9-5-6-10-22-20/h2-10,19H,11-16H2,1H3/t19-/m0/s1. The third kappa shape index (κ3) is 4.91. The molecule has 3 rings (SSSR count). The number of rotatable bonds is 4. The Kier molecular flexibility index (Phi) is 6.00. The van der Waals surface area contributed by atoms with Gasteiger partial charge in [0.15, 0.2) is 0 Å². The molecule has 1 aliphatic rings. The number of nitrogens with zero attached hydrogens (tertiary/aromatic N) is 3. The number of amides is 2. The monoisotopic (exact) mass is 351 g/mol. The van der Waals surface area contributed by atoms with Gasteiger partial charge in [-0.15, -0.1) is 0 Å². The minimum Gasteiger partial charge on any atom is -0.341 e. The molecule has 1 aromatic carbocycles. The van der Waals surface area contributed by atoms with Gasteiger partial charge in [-0.05, 0) is 30.0 Å². The van der Waals surface area contributed by atoms with Crippen molar-refractivity contribution in [3.8, 4) is 0 Å².